The van der Waals surface area contributed by atoms with Gasteiger partial charge in [-0.05, 0) is 19.8 Å². The lowest BCUT2D eigenvalue weighted by Crippen LogP contribution is -2.35. The van der Waals surface area contributed by atoms with Crippen LogP contribution >= 0.6 is 35.3 Å². The van der Waals surface area contributed by atoms with E-state index in [1.54, 1.807) is 11.3 Å². The number of thiazole rings is 1. The number of aromatic nitrogens is 1. The molecule has 0 bridgehead atoms. The van der Waals surface area contributed by atoms with E-state index >= 15 is 0 Å². The van der Waals surface area contributed by atoms with Crippen LogP contribution in [-0.2, 0) is 6.54 Å². The van der Waals surface area contributed by atoms with Crippen molar-refractivity contribution in [2.24, 2.45) is 10.7 Å². The van der Waals surface area contributed by atoms with Crippen LogP contribution in [-0.4, -0.2) is 28.9 Å². The quantitative estimate of drug-likeness (QED) is 0.514. The Balaban J connectivity index is 0.00000128. The first-order valence-electron chi connectivity index (χ1n) is 5.11. The van der Waals surface area contributed by atoms with Crippen molar-refractivity contribution in [2.75, 3.05) is 7.05 Å². The van der Waals surface area contributed by atoms with Gasteiger partial charge in [0.15, 0.2) is 5.96 Å². The Morgan fingerprint density at radius 1 is 1.69 bits per heavy atom. The second kappa shape index (κ2) is 5.81. The zero-order chi connectivity index (χ0) is 10.8. The Morgan fingerprint density at radius 3 is 2.88 bits per heavy atom. The fraction of sp³-hybridized carbons (Fsp3) is 0.600. The number of aryl methyl sites for hydroxylation is 1. The van der Waals surface area contributed by atoms with E-state index in [0.717, 1.165) is 5.01 Å². The molecule has 0 spiro atoms. The van der Waals surface area contributed by atoms with E-state index in [-0.39, 0.29) is 24.0 Å². The highest BCUT2D eigenvalue weighted by molar-refractivity contribution is 14.0. The molecule has 1 aliphatic rings. The van der Waals surface area contributed by atoms with E-state index < -0.39 is 0 Å². The predicted octanol–water partition coefficient (Wildman–Crippen LogP) is 1.98. The molecule has 2 rings (SSSR count). The highest BCUT2D eigenvalue weighted by Gasteiger charge is 2.27. The Hall–Kier alpha value is -0.370. The number of hydrogen-bond acceptors (Lipinski definition) is 3. The highest BCUT2D eigenvalue weighted by atomic mass is 127. The lowest BCUT2D eigenvalue weighted by molar-refractivity contribution is 0.487. The minimum Gasteiger partial charge on any atom is -0.370 e. The molecule has 1 aromatic heterocycles. The molecule has 4 nitrogen and oxygen atoms in total. The maximum Gasteiger partial charge on any atom is 0.191 e. The van der Waals surface area contributed by atoms with Gasteiger partial charge in [0.25, 0.3) is 0 Å². The average molecular weight is 352 g/mol. The van der Waals surface area contributed by atoms with E-state index in [1.165, 1.54) is 17.7 Å². The molecule has 0 radical (unpaired) electrons. The fourth-order valence-corrected chi connectivity index (χ4v) is 2.10. The molecular weight excluding hydrogens is 335 g/mol. The molecule has 1 heterocycles. The molecule has 0 unspecified atom stereocenters. The summed E-state index contributed by atoms with van der Waals surface area (Å²) in [6.07, 6.45) is 4.35. The normalized spacial score (nSPS) is 15.8. The number of hydrogen-bond donors (Lipinski definition) is 1. The van der Waals surface area contributed by atoms with Crippen LogP contribution in [0.5, 0.6) is 0 Å². The van der Waals surface area contributed by atoms with Gasteiger partial charge in [-0.15, -0.1) is 35.3 Å². The third kappa shape index (κ3) is 3.58. The summed E-state index contributed by atoms with van der Waals surface area (Å²) >= 11 is 1.67. The number of halogens is 1. The first-order valence-corrected chi connectivity index (χ1v) is 5.92. The molecule has 1 aliphatic carbocycles. The number of aliphatic imine (C=N–C) groups is 1. The van der Waals surface area contributed by atoms with Crippen molar-refractivity contribution in [1.82, 2.24) is 9.88 Å². The summed E-state index contributed by atoms with van der Waals surface area (Å²) in [6.45, 7) is 2.64. The second-order valence-electron chi connectivity index (χ2n) is 3.88. The molecule has 6 heteroatoms. The third-order valence-electron chi connectivity index (χ3n) is 2.50. The van der Waals surface area contributed by atoms with Gasteiger partial charge in [0, 0.05) is 24.2 Å². The van der Waals surface area contributed by atoms with Gasteiger partial charge in [0.1, 0.15) is 5.01 Å². The maximum atomic E-state index is 5.87. The van der Waals surface area contributed by atoms with Gasteiger partial charge in [-0.2, -0.15) is 0 Å². The molecule has 0 saturated heterocycles. The summed E-state index contributed by atoms with van der Waals surface area (Å²) in [5.41, 5.74) is 5.87. The van der Waals surface area contributed by atoms with Gasteiger partial charge >= 0.3 is 0 Å². The number of guanidine groups is 1. The molecule has 0 amide bonds. The van der Waals surface area contributed by atoms with Gasteiger partial charge < -0.3 is 10.6 Å². The Bertz CT molecular complexity index is 373. The Morgan fingerprint density at radius 2 is 2.38 bits per heavy atom. The highest BCUT2D eigenvalue weighted by Crippen LogP contribution is 2.25. The molecule has 0 atom stereocenters. The van der Waals surface area contributed by atoms with Crippen LogP contribution < -0.4 is 5.73 Å². The topological polar surface area (TPSA) is 54.5 Å². The van der Waals surface area contributed by atoms with Gasteiger partial charge in [0.2, 0.25) is 0 Å². The number of nitrogens with two attached hydrogens (primary N) is 1. The summed E-state index contributed by atoms with van der Waals surface area (Å²) in [6, 6.07) is 0.617. The lowest BCUT2D eigenvalue weighted by Gasteiger charge is -2.16. The van der Waals surface area contributed by atoms with Crippen molar-refractivity contribution in [3.63, 3.8) is 0 Å². The third-order valence-corrected chi connectivity index (χ3v) is 3.40. The average Bonchev–Trinajstić information content (AvgIpc) is 2.98. The number of rotatable bonds is 3. The van der Waals surface area contributed by atoms with E-state index in [0.29, 0.717) is 18.5 Å². The first-order chi connectivity index (χ1) is 7.16. The predicted molar refractivity (Wildman–Crippen MR) is 78.4 cm³/mol. The van der Waals surface area contributed by atoms with Crippen molar-refractivity contribution in [3.05, 3.63) is 16.1 Å². The van der Waals surface area contributed by atoms with Crippen molar-refractivity contribution in [2.45, 2.75) is 32.4 Å². The van der Waals surface area contributed by atoms with Crippen molar-refractivity contribution in [3.8, 4) is 0 Å². The molecule has 0 aromatic carbocycles. The van der Waals surface area contributed by atoms with E-state index in [1.807, 2.05) is 20.2 Å². The minimum atomic E-state index is 0. The van der Waals surface area contributed by atoms with E-state index in [9.17, 15) is 0 Å². The molecule has 1 aromatic rings. The summed E-state index contributed by atoms with van der Waals surface area (Å²) < 4.78 is 0. The van der Waals surface area contributed by atoms with Crippen LogP contribution in [0.1, 0.15) is 22.7 Å². The standard InChI is InChI=1S/C10H16N4S.HI/c1-7-5-12-9(15-7)6-13-10(11)14(2)8-3-4-8;/h5,8H,3-4,6H2,1-2H3,(H2,11,13);1H. The van der Waals surface area contributed by atoms with Crippen LogP contribution in [0.2, 0.25) is 0 Å². The zero-order valence-electron chi connectivity index (χ0n) is 9.51. The molecule has 0 aliphatic heterocycles. The summed E-state index contributed by atoms with van der Waals surface area (Å²) in [5.74, 6) is 0.630. The van der Waals surface area contributed by atoms with Crippen molar-refractivity contribution < 1.29 is 0 Å². The summed E-state index contributed by atoms with van der Waals surface area (Å²) in [7, 11) is 2.00. The maximum absolute atomic E-state index is 5.87. The van der Waals surface area contributed by atoms with Crippen LogP contribution in [0, 0.1) is 6.92 Å². The summed E-state index contributed by atoms with van der Waals surface area (Å²) in [5, 5.41) is 1.03. The lowest BCUT2D eigenvalue weighted by atomic mass is 10.6. The van der Waals surface area contributed by atoms with Crippen molar-refractivity contribution in [1.29, 1.82) is 0 Å². The van der Waals surface area contributed by atoms with Gasteiger partial charge in [-0.1, -0.05) is 0 Å². The zero-order valence-corrected chi connectivity index (χ0v) is 12.7. The fourth-order valence-electron chi connectivity index (χ4n) is 1.38. The molecule has 1 saturated carbocycles. The monoisotopic (exact) mass is 352 g/mol. The molecular formula is C10H17IN4S. The van der Waals surface area contributed by atoms with Crippen LogP contribution in [0.3, 0.4) is 0 Å². The largest absolute Gasteiger partial charge is 0.370 e. The minimum absolute atomic E-state index is 0. The SMILES string of the molecule is Cc1cnc(CN=C(N)N(C)C2CC2)s1.I. The molecule has 1 fully saturated rings. The number of nitrogens with zero attached hydrogens (tertiary/aromatic N) is 3. The van der Waals surface area contributed by atoms with Crippen LogP contribution in [0.15, 0.2) is 11.2 Å². The van der Waals surface area contributed by atoms with Crippen molar-refractivity contribution >= 4 is 41.3 Å². The second-order valence-corrected chi connectivity index (χ2v) is 5.20. The molecule has 16 heavy (non-hydrogen) atoms. The van der Waals surface area contributed by atoms with E-state index in [2.05, 4.69) is 14.9 Å². The first kappa shape index (κ1) is 13.7. The summed E-state index contributed by atoms with van der Waals surface area (Å²) in [4.78, 5) is 11.9. The molecule has 90 valence electrons. The van der Waals surface area contributed by atoms with Gasteiger partial charge in [0.05, 0.1) is 6.54 Å². The van der Waals surface area contributed by atoms with Gasteiger partial charge in [-0.3, -0.25) is 0 Å². The van der Waals surface area contributed by atoms with Gasteiger partial charge in [-0.25, -0.2) is 9.98 Å². The Kier molecular flexibility index (Phi) is 4.97. The van der Waals surface area contributed by atoms with Crippen LogP contribution in [0.25, 0.3) is 0 Å². The Labute approximate surface area is 117 Å². The molecule has 2 N–H and O–H groups in total. The van der Waals surface area contributed by atoms with E-state index in [4.69, 9.17) is 5.73 Å². The smallest absolute Gasteiger partial charge is 0.191 e. The van der Waals surface area contributed by atoms with Crippen LogP contribution in [0.4, 0.5) is 0 Å².